The van der Waals surface area contributed by atoms with Crippen LogP contribution < -0.4 is 9.64 Å². The number of carbonyl (C=O) groups excluding carboxylic acids is 1. The van der Waals surface area contributed by atoms with Crippen molar-refractivity contribution in [1.82, 2.24) is 0 Å². The van der Waals surface area contributed by atoms with Crippen LogP contribution in [-0.2, 0) is 9.53 Å². The van der Waals surface area contributed by atoms with Gasteiger partial charge in [-0.15, -0.1) is 0 Å². The van der Waals surface area contributed by atoms with E-state index in [0.717, 1.165) is 11.4 Å². The lowest BCUT2D eigenvalue weighted by Gasteiger charge is -2.45. The van der Waals surface area contributed by atoms with Crippen molar-refractivity contribution >= 4 is 11.6 Å². The van der Waals surface area contributed by atoms with Gasteiger partial charge in [0.05, 0.1) is 25.2 Å². The molecule has 0 bridgehead atoms. The number of amides is 1. The van der Waals surface area contributed by atoms with E-state index in [1.165, 1.54) is 0 Å². The topological polar surface area (TPSA) is 42.1 Å². The predicted octanol–water partition coefficient (Wildman–Crippen LogP) is 1.83. The van der Waals surface area contributed by atoms with Gasteiger partial charge in [0.25, 0.3) is 0 Å². The molecule has 18 heavy (non-hydrogen) atoms. The number of rotatable bonds is 3. The minimum Gasteiger partial charge on any atom is -0.497 e. The number of epoxide rings is 1. The van der Waals surface area contributed by atoms with Crippen LogP contribution in [0, 0.1) is 5.92 Å². The molecule has 1 aromatic rings. The van der Waals surface area contributed by atoms with Crippen molar-refractivity contribution in [3.63, 3.8) is 0 Å². The van der Waals surface area contributed by atoms with Gasteiger partial charge in [-0.1, -0.05) is 6.92 Å². The van der Waals surface area contributed by atoms with Crippen molar-refractivity contribution < 1.29 is 14.3 Å². The molecule has 0 N–H and O–H groups in total. The van der Waals surface area contributed by atoms with E-state index in [0.29, 0.717) is 0 Å². The Bertz CT molecular complexity index is 470. The highest BCUT2D eigenvalue weighted by molar-refractivity contribution is 6.03. The molecule has 2 aliphatic rings. The number of nitrogens with zero attached hydrogens (tertiary/aromatic N) is 1. The smallest absolute Gasteiger partial charge is 0.232 e. The SMILES string of the molecule is COc1ccc(N2C(=O)C(C)[C@@H]2[C@@H]2O[C@H]2C)cc1. The van der Waals surface area contributed by atoms with Crippen LogP contribution in [0.4, 0.5) is 5.69 Å². The summed E-state index contributed by atoms with van der Waals surface area (Å²) in [4.78, 5) is 13.9. The van der Waals surface area contributed by atoms with Gasteiger partial charge in [-0.25, -0.2) is 0 Å². The molecule has 1 amide bonds. The van der Waals surface area contributed by atoms with Gasteiger partial charge in [0.2, 0.25) is 5.91 Å². The van der Waals surface area contributed by atoms with Gasteiger partial charge in [0.15, 0.2) is 0 Å². The maximum Gasteiger partial charge on any atom is 0.232 e. The number of ether oxygens (including phenoxy) is 2. The van der Waals surface area contributed by atoms with E-state index in [4.69, 9.17) is 9.47 Å². The van der Waals surface area contributed by atoms with Gasteiger partial charge in [0, 0.05) is 5.69 Å². The van der Waals surface area contributed by atoms with E-state index in [1.54, 1.807) is 7.11 Å². The van der Waals surface area contributed by atoms with E-state index >= 15 is 0 Å². The minimum atomic E-state index is 0.0575. The Labute approximate surface area is 106 Å². The summed E-state index contributed by atoms with van der Waals surface area (Å²) < 4.78 is 10.6. The highest BCUT2D eigenvalue weighted by Crippen LogP contribution is 2.42. The van der Waals surface area contributed by atoms with Crippen LogP contribution in [0.1, 0.15) is 13.8 Å². The van der Waals surface area contributed by atoms with E-state index in [9.17, 15) is 4.79 Å². The first kappa shape index (κ1) is 11.5. The number of anilines is 1. The van der Waals surface area contributed by atoms with Crippen LogP contribution in [-0.4, -0.2) is 31.3 Å². The molecule has 4 nitrogen and oxygen atoms in total. The van der Waals surface area contributed by atoms with Crippen molar-refractivity contribution in [2.45, 2.75) is 32.1 Å². The molecule has 96 valence electrons. The number of carbonyl (C=O) groups is 1. The van der Waals surface area contributed by atoms with Crippen LogP contribution in [0.5, 0.6) is 5.75 Å². The molecule has 2 saturated heterocycles. The quantitative estimate of drug-likeness (QED) is 0.604. The monoisotopic (exact) mass is 247 g/mol. The molecule has 0 aliphatic carbocycles. The third-order valence-corrected chi connectivity index (χ3v) is 3.88. The van der Waals surface area contributed by atoms with Gasteiger partial charge >= 0.3 is 0 Å². The van der Waals surface area contributed by atoms with Crippen LogP contribution in [0.25, 0.3) is 0 Å². The Kier molecular flexibility index (Phi) is 2.55. The number of hydrogen-bond donors (Lipinski definition) is 0. The van der Waals surface area contributed by atoms with Gasteiger partial charge in [0.1, 0.15) is 11.9 Å². The molecule has 0 radical (unpaired) electrons. The van der Waals surface area contributed by atoms with Crippen molar-refractivity contribution in [3.8, 4) is 5.75 Å². The summed E-state index contributed by atoms with van der Waals surface area (Å²) in [5.74, 6) is 1.03. The van der Waals surface area contributed by atoms with Crippen LogP contribution in [0.15, 0.2) is 24.3 Å². The molecule has 1 unspecified atom stereocenters. The summed E-state index contributed by atoms with van der Waals surface area (Å²) >= 11 is 0. The second-order valence-electron chi connectivity index (χ2n) is 4.99. The summed E-state index contributed by atoms with van der Waals surface area (Å²) in [6, 6.07) is 7.77. The van der Waals surface area contributed by atoms with Gasteiger partial charge < -0.3 is 14.4 Å². The molecule has 0 spiro atoms. The Morgan fingerprint density at radius 2 is 1.83 bits per heavy atom. The fourth-order valence-electron chi connectivity index (χ4n) is 2.69. The third kappa shape index (κ3) is 1.60. The number of methoxy groups -OCH3 is 1. The molecule has 2 fully saturated rings. The van der Waals surface area contributed by atoms with Gasteiger partial charge in [-0.3, -0.25) is 4.79 Å². The maximum absolute atomic E-state index is 12.0. The average molecular weight is 247 g/mol. The van der Waals surface area contributed by atoms with Crippen molar-refractivity contribution in [2.75, 3.05) is 12.0 Å². The summed E-state index contributed by atoms with van der Waals surface area (Å²) in [6.45, 7) is 4.02. The number of benzene rings is 1. The summed E-state index contributed by atoms with van der Waals surface area (Å²) in [5.41, 5.74) is 0.923. The molecule has 0 saturated carbocycles. The van der Waals surface area contributed by atoms with Crippen LogP contribution in [0.3, 0.4) is 0 Å². The lowest BCUT2D eigenvalue weighted by Crippen LogP contribution is -2.63. The molecule has 1 aromatic carbocycles. The van der Waals surface area contributed by atoms with Gasteiger partial charge in [-0.05, 0) is 31.2 Å². The molecular formula is C14H17NO3. The molecule has 4 atom stereocenters. The summed E-state index contributed by atoms with van der Waals surface area (Å²) in [5, 5.41) is 0. The summed E-state index contributed by atoms with van der Waals surface area (Å²) in [7, 11) is 1.63. The van der Waals surface area contributed by atoms with Crippen molar-refractivity contribution in [1.29, 1.82) is 0 Å². The lowest BCUT2D eigenvalue weighted by atomic mass is 9.85. The molecule has 2 aliphatic heterocycles. The third-order valence-electron chi connectivity index (χ3n) is 3.88. The van der Waals surface area contributed by atoms with E-state index in [2.05, 4.69) is 0 Å². The predicted molar refractivity (Wildman–Crippen MR) is 67.8 cm³/mol. The van der Waals surface area contributed by atoms with E-state index in [-0.39, 0.29) is 30.1 Å². The summed E-state index contributed by atoms with van der Waals surface area (Å²) in [6.07, 6.45) is 0.464. The van der Waals surface area contributed by atoms with E-state index in [1.807, 2.05) is 43.0 Å². The number of β-lactam (4-membered cyclic amide) rings is 1. The largest absolute Gasteiger partial charge is 0.497 e. The molecule has 4 heteroatoms. The maximum atomic E-state index is 12.0. The standard InChI is InChI=1S/C14H17NO3/c1-8-12(13-9(2)18-13)15(14(8)16)10-4-6-11(17-3)7-5-10/h4-9,12-13H,1-3H3/t8?,9-,12+,13+/m0/s1. The van der Waals surface area contributed by atoms with Crippen molar-refractivity contribution in [2.24, 2.45) is 5.92 Å². The molecule has 3 rings (SSSR count). The minimum absolute atomic E-state index is 0.0575. The van der Waals surface area contributed by atoms with Crippen LogP contribution >= 0.6 is 0 Å². The average Bonchev–Trinajstić information content (AvgIpc) is 3.11. The molecule has 2 heterocycles. The highest BCUT2D eigenvalue weighted by atomic mass is 16.6. The fourth-order valence-corrected chi connectivity index (χ4v) is 2.69. The first-order valence-corrected chi connectivity index (χ1v) is 6.26. The Balaban J connectivity index is 1.83. The lowest BCUT2D eigenvalue weighted by molar-refractivity contribution is -0.129. The zero-order chi connectivity index (χ0) is 12.9. The van der Waals surface area contributed by atoms with E-state index < -0.39 is 0 Å². The Morgan fingerprint density at radius 1 is 1.22 bits per heavy atom. The molecule has 0 aromatic heterocycles. The number of hydrogen-bond acceptors (Lipinski definition) is 3. The fraction of sp³-hybridized carbons (Fsp3) is 0.500. The normalized spacial score (nSPS) is 34.2. The first-order valence-electron chi connectivity index (χ1n) is 6.26. The zero-order valence-corrected chi connectivity index (χ0v) is 10.8. The second kappa shape index (κ2) is 3.99. The molecular weight excluding hydrogens is 230 g/mol. The first-order chi connectivity index (χ1) is 8.63. The van der Waals surface area contributed by atoms with Crippen LogP contribution in [0.2, 0.25) is 0 Å². The van der Waals surface area contributed by atoms with Gasteiger partial charge in [-0.2, -0.15) is 0 Å². The highest BCUT2D eigenvalue weighted by Gasteiger charge is 2.56. The van der Waals surface area contributed by atoms with Crippen molar-refractivity contribution in [3.05, 3.63) is 24.3 Å². The second-order valence-corrected chi connectivity index (χ2v) is 4.99. The Morgan fingerprint density at radius 3 is 2.33 bits per heavy atom. The Hall–Kier alpha value is -1.55. The zero-order valence-electron chi connectivity index (χ0n) is 10.8.